The van der Waals surface area contributed by atoms with E-state index in [1.54, 1.807) is 6.07 Å². The number of nitrogens with one attached hydrogen (secondary N) is 1. The van der Waals surface area contributed by atoms with Crippen molar-refractivity contribution in [3.8, 4) is 0 Å². The molecule has 4 heteroatoms. The number of allylic oxidation sites excluding steroid dienone is 1. The first-order valence-corrected chi connectivity index (χ1v) is 6.37. The van der Waals surface area contributed by atoms with Crippen LogP contribution in [-0.2, 0) is 12.6 Å². The predicted octanol–water partition coefficient (Wildman–Crippen LogP) is 4.19. The van der Waals surface area contributed by atoms with Gasteiger partial charge in [-0.1, -0.05) is 36.8 Å². The molecule has 19 heavy (non-hydrogen) atoms. The van der Waals surface area contributed by atoms with Crippen molar-refractivity contribution in [1.82, 2.24) is 5.32 Å². The highest BCUT2D eigenvalue weighted by molar-refractivity contribution is 5.27. The molecule has 1 unspecified atom stereocenters. The van der Waals surface area contributed by atoms with E-state index in [0.717, 1.165) is 18.2 Å². The van der Waals surface area contributed by atoms with Crippen LogP contribution < -0.4 is 5.32 Å². The maximum Gasteiger partial charge on any atom is 0.416 e. The molecular weight excluding hydrogens is 251 g/mol. The Bertz CT molecular complexity index is 431. The molecule has 1 N–H and O–H groups in total. The monoisotopic (exact) mass is 271 g/mol. The van der Waals surface area contributed by atoms with E-state index in [1.165, 1.54) is 12.1 Å². The number of hydrogen-bond acceptors (Lipinski definition) is 1. The number of hydrogen-bond donors (Lipinski definition) is 1. The van der Waals surface area contributed by atoms with Gasteiger partial charge in [0.05, 0.1) is 5.56 Å². The number of benzene rings is 1. The minimum Gasteiger partial charge on any atom is -0.310 e. The molecule has 1 aromatic carbocycles. The van der Waals surface area contributed by atoms with E-state index in [9.17, 15) is 13.2 Å². The maximum absolute atomic E-state index is 12.6. The third kappa shape index (κ3) is 5.47. The fourth-order valence-corrected chi connectivity index (χ4v) is 1.98. The quantitative estimate of drug-likeness (QED) is 0.792. The zero-order chi connectivity index (χ0) is 14.5. The number of likely N-dealkylation sites (N-methyl/N-ethyl adjacent to an activating group) is 1. The van der Waals surface area contributed by atoms with Gasteiger partial charge in [0.25, 0.3) is 0 Å². The highest BCUT2D eigenvalue weighted by Crippen LogP contribution is 2.29. The summed E-state index contributed by atoms with van der Waals surface area (Å²) in [6.07, 6.45) is -1.67. The Morgan fingerprint density at radius 1 is 1.32 bits per heavy atom. The molecular formula is C15H20F3N. The largest absolute Gasteiger partial charge is 0.416 e. The summed E-state index contributed by atoms with van der Waals surface area (Å²) in [5.74, 6) is 0. The van der Waals surface area contributed by atoms with Gasteiger partial charge >= 0.3 is 6.18 Å². The SMILES string of the molecule is CCNC(C=C(C)C)Cc1cccc(C(F)(F)F)c1. The molecule has 0 aromatic heterocycles. The van der Waals surface area contributed by atoms with Crippen molar-refractivity contribution < 1.29 is 13.2 Å². The molecule has 1 rings (SSSR count). The smallest absolute Gasteiger partial charge is 0.310 e. The lowest BCUT2D eigenvalue weighted by molar-refractivity contribution is -0.137. The van der Waals surface area contributed by atoms with Gasteiger partial charge in [0, 0.05) is 6.04 Å². The highest BCUT2D eigenvalue weighted by atomic mass is 19.4. The van der Waals surface area contributed by atoms with Crippen molar-refractivity contribution in [1.29, 1.82) is 0 Å². The van der Waals surface area contributed by atoms with Crippen LogP contribution in [0.2, 0.25) is 0 Å². The fraction of sp³-hybridized carbons (Fsp3) is 0.467. The average molecular weight is 271 g/mol. The summed E-state index contributed by atoms with van der Waals surface area (Å²) in [5.41, 5.74) is 1.26. The highest BCUT2D eigenvalue weighted by Gasteiger charge is 2.30. The Labute approximate surface area is 112 Å². The molecule has 0 fully saturated rings. The second-order valence-corrected chi connectivity index (χ2v) is 4.81. The molecule has 0 aliphatic rings. The van der Waals surface area contributed by atoms with Crippen LogP contribution in [0.5, 0.6) is 0 Å². The van der Waals surface area contributed by atoms with Gasteiger partial charge in [-0.3, -0.25) is 0 Å². The maximum atomic E-state index is 12.6. The minimum absolute atomic E-state index is 0.0680. The van der Waals surface area contributed by atoms with Gasteiger partial charge < -0.3 is 5.32 Å². The fourth-order valence-electron chi connectivity index (χ4n) is 1.98. The van der Waals surface area contributed by atoms with Crippen LogP contribution in [0.25, 0.3) is 0 Å². The molecule has 0 radical (unpaired) electrons. The molecule has 0 heterocycles. The van der Waals surface area contributed by atoms with E-state index >= 15 is 0 Å². The topological polar surface area (TPSA) is 12.0 Å². The first-order chi connectivity index (χ1) is 8.82. The third-order valence-corrected chi connectivity index (χ3v) is 2.71. The lowest BCUT2D eigenvalue weighted by Gasteiger charge is -2.16. The summed E-state index contributed by atoms with van der Waals surface area (Å²) < 4.78 is 37.9. The molecule has 1 nitrogen and oxygen atoms in total. The van der Waals surface area contributed by atoms with Crippen molar-refractivity contribution in [2.45, 2.75) is 39.4 Å². The van der Waals surface area contributed by atoms with Gasteiger partial charge in [-0.15, -0.1) is 0 Å². The van der Waals surface area contributed by atoms with Gasteiger partial charge in [-0.2, -0.15) is 13.2 Å². The van der Waals surface area contributed by atoms with Crippen LogP contribution >= 0.6 is 0 Å². The van der Waals surface area contributed by atoms with Crippen LogP contribution in [0.15, 0.2) is 35.9 Å². The molecule has 1 aromatic rings. The summed E-state index contributed by atoms with van der Waals surface area (Å²) >= 11 is 0. The summed E-state index contributed by atoms with van der Waals surface area (Å²) in [6.45, 7) is 6.73. The molecule has 1 atom stereocenters. The van der Waals surface area contributed by atoms with Gasteiger partial charge in [-0.05, 0) is 38.4 Å². The molecule has 0 aliphatic carbocycles. The first-order valence-electron chi connectivity index (χ1n) is 6.37. The molecule has 106 valence electrons. The zero-order valence-corrected chi connectivity index (χ0v) is 11.5. The van der Waals surface area contributed by atoms with E-state index in [-0.39, 0.29) is 6.04 Å². The van der Waals surface area contributed by atoms with E-state index in [0.29, 0.717) is 12.0 Å². The van der Waals surface area contributed by atoms with Crippen molar-refractivity contribution >= 4 is 0 Å². The number of rotatable bonds is 5. The molecule has 0 saturated carbocycles. The molecule has 0 amide bonds. The van der Waals surface area contributed by atoms with Crippen LogP contribution in [0.1, 0.15) is 31.9 Å². The lowest BCUT2D eigenvalue weighted by Crippen LogP contribution is -2.29. The normalized spacial score (nSPS) is 13.2. The zero-order valence-electron chi connectivity index (χ0n) is 11.5. The standard InChI is InChI=1S/C15H20F3N/c1-4-19-14(8-11(2)3)10-12-6-5-7-13(9-12)15(16,17)18/h5-9,14,19H,4,10H2,1-3H3. The summed E-state index contributed by atoms with van der Waals surface area (Å²) in [6, 6.07) is 5.59. The van der Waals surface area contributed by atoms with Crippen LogP contribution in [0, 0.1) is 0 Å². The summed E-state index contributed by atoms with van der Waals surface area (Å²) in [5, 5.41) is 3.26. The van der Waals surface area contributed by atoms with Crippen molar-refractivity contribution in [3.63, 3.8) is 0 Å². The third-order valence-electron chi connectivity index (χ3n) is 2.71. The first kappa shape index (κ1) is 15.8. The van der Waals surface area contributed by atoms with E-state index < -0.39 is 11.7 Å². The minimum atomic E-state index is -4.28. The van der Waals surface area contributed by atoms with Crippen LogP contribution in [0.4, 0.5) is 13.2 Å². The van der Waals surface area contributed by atoms with E-state index in [1.807, 2.05) is 26.8 Å². The Hall–Kier alpha value is -1.29. The van der Waals surface area contributed by atoms with Crippen LogP contribution in [0.3, 0.4) is 0 Å². The number of halogens is 3. The lowest BCUT2D eigenvalue weighted by atomic mass is 10.0. The summed E-state index contributed by atoms with van der Waals surface area (Å²) in [4.78, 5) is 0. The van der Waals surface area contributed by atoms with Crippen molar-refractivity contribution in [2.75, 3.05) is 6.54 Å². The summed E-state index contributed by atoms with van der Waals surface area (Å²) in [7, 11) is 0. The molecule has 0 saturated heterocycles. The second kappa shape index (κ2) is 6.75. The Morgan fingerprint density at radius 3 is 2.53 bits per heavy atom. The van der Waals surface area contributed by atoms with Gasteiger partial charge in [0.15, 0.2) is 0 Å². The van der Waals surface area contributed by atoms with Gasteiger partial charge in [-0.25, -0.2) is 0 Å². The Morgan fingerprint density at radius 2 is 2.00 bits per heavy atom. The Kier molecular flexibility index (Phi) is 5.60. The molecule has 0 bridgehead atoms. The second-order valence-electron chi connectivity index (χ2n) is 4.81. The van der Waals surface area contributed by atoms with Crippen LogP contribution in [-0.4, -0.2) is 12.6 Å². The predicted molar refractivity (Wildman–Crippen MR) is 72.0 cm³/mol. The molecule has 0 aliphatic heterocycles. The average Bonchev–Trinajstić information content (AvgIpc) is 2.27. The van der Waals surface area contributed by atoms with E-state index in [2.05, 4.69) is 5.32 Å². The van der Waals surface area contributed by atoms with Crippen molar-refractivity contribution in [2.24, 2.45) is 0 Å². The van der Waals surface area contributed by atoms with E-state index in [4.69, 9.17) is 0 Å². The van der Waals surface area contributed by atoms with Gasteiger partial charge in [0.2, 0.25) is 0 Å². The van der Waals surface area contributed by atoms with Gasteiger partial charge in [0.1, 0.15) is 0 Å². The number of alkyl halides is 3. The molecule has 0 spiro atoms. The van der Waals surface area contributed by atoms with Crippen molar-refractivity contribution in [3.05, 3.63) is 47.0 Å². The Balaban J connectivity index is 2.88.